The maximum atomic E-state index is 12.7. The van der Waals surface area contributed by atoms with Crippen molar-refractivity contribution >= 4 is 17.5 Å². The fraction of sp³-hybridized carbons (Fsp3) is 0.364. The van der Waals surface area contributed by atoms with Crippen molar-refractivity contribution < 1.29 is 14.3 Å². The maximum Gasteiger partial charge on any atom is 0.237 e. The van der Waals surface area contributed by atoms with Gasteiger partial charge in [0, 0.05) is 18.2 Å². The van der Waals surface area contributed by atoms with Crippen LogP contribution in [0.4, 0.5) is 5.69 Å². The Morgan fingerprint density at radius 2 is 1.78 bits per heavy atom. The number of amides is 2. The Labute approximate surface area is 160 Å². The summed E-state index contributed by atoms with van der Waals surface area (Å²) in [4.78, 5) is 24.8. The molecule has 0 unspecified atom stereocenters. The number of nitrogens with one attached hydrogen (secondary N) is 2. The molecule has 0 radical (unpaired) electrons. The van der Waals surface area contributed by atoms with Crippen LogP contribution in [0.2, 0.25) is 0 Å². The standard InChI is InChI=1S/C22H26N2O3/c1-22(2,3)18-13-23-20(25)19(18)21(26)24-16-9-11-17(12-10-16)27-14-15-7-5-4-6-8-15/h4-12,18-19H,13-14H2,1-3H3,(H,23,25)(H,24,26)/t18-,19+/m1/s1. The predicted octanol–water partition coefficient (Wildman–Crippen LogP) is 3.61. The summed E-state index contributed by atoms with van der Waals surface area (Å²) in [6, 6.07) is 17.1. The van der Waals surface area contributed by atoms with Crippen molar-refractivity contribution in [2.75, 3.05) is 11.9 Å². The Morgan fingerprint density at radius 3 is 2.41 bits per heavy atom. The quantitative estimate of drug-likeness (QED) is 0.795. The highest BCUT2D eigenvalue weighted by Crippen LogP contribution is 2.35. The van der Waals surface area contributed by atoms with Gasteiger partial charge in [0.2, 0.25) is 11.8 Å². The first-order valence-electron chi connectivity index (χ1n) is 9.20. The van der Waals surface area contributed by atoms with Crippen LogP contribution in [0.5, 0.6) is 5.75 Å². The first-order chi connectivity index (χ1) is 12.8. The Hall–Kier alpha value is -2.82. The van der Waals surface area contributed by atoms with Crippen LogP contribution in [0.1, 0.15) is 26.3 Å². The van der Waals surface area contributed by atoms with E-state index in [0.717, 1.165) is 11.3 Å². The molecule has 5 heteroatoms. The molecule has 27 heavy (non-hydrogen) atoms. The Morgan fingerprint density at radius 1 is 1.11 bits per heavy atom. The number of benzene rings is 2. The molecular weight excluding hydrogens is 340 g/mol. The third kappa shape index (κ3) is 4.67. The summed E-state index contributed by atoms with van der Waals surface area (Å²) in [5, 5.41) is 5.68. The molecule has 0 aromatic heterocycles. The number of carbonyl (C=O) groups excluding carboxylic acids is 2. The van der Waals surface area contributed by atoms with Gasteiger partial charge in [-0.2, -0.15) is 0 Å². The minimum Gasteiger partial charge on any atom is -0.489 e. The molecule has 0 bridgehead atoms. The van der Waals surface area contributed by atoms with E-state index < -0.39 is 5.92 Å². The normalized spacial score (nSPS) is 19.4. The van der Waals surface area contributed by atoms with Crippen molar-refractivity contribution in [2.24, 2.45) is 17.3 Å². The molecule has 1 heterocycles. The summed E-state index contributed by atoms with van der Waals surface area (Å²) in [7, 11) is 0. The molecule has 3 rings (SSSR count). The third-order valence-electron chi connectivity index (χ3n) is 4.95. The predicted molar refractivity (Wildman–Crippen MR) is 105 cm³/mol. The molecule has 2 amide bonds. The van der Waals surface area contributed by atoms with Crippen LogP contribution in [0, 0.1) is 17.3 Å². The molecule has 2 aromatic rings. The lowest BCUT2D eigenvalue weighted by Gasteiger charge is -2.29. The van der Waals surface area contributed by atoms with E-state index >= 15 is 0 Å². The molecule has 0 aliphatic carbocycles. The van der Waals surface area contributed by atoms with Crippen LogP contribution in [0.3, 0.4) is 0 Å². The lowest BCUT2D eigenvalue weighted by Crippen LogP contribution is -2.37. The second-order valence-electron chi connectivity index (χ2n) is 7.98. The Balaban J connectivity index is 1.60. The van der Waals surface area contributed by atoms with E-state index in [1.807, 2.05) is 42.5 Å². The van der Waals surface area contributed by atoms with Crippen molar-refractivity contribution in [1.82, 2.24) is 5.32 Å². The van der Waals surface area contributed by atoms with E-state index in [1.165, 1.54) is 0 Å². The third-order valence-corrected chi connectivity index (χ3v) is 4.95. The van der Waals surface area contributed by atoms with E-state index in [1.54, 1.807) is 12.1 Å². The molecule has 2 N–H and O–H groups in total. The fourth-order valence-corrected chi connectivity index (χ4v) is 3.32. The lowest BCUT2D eigenvalue weighted by molar-refractivity contribution is -0.132. The van der Waals surface area contributed by atoms with Gasteiger partial charge in [0.25, 0.3) is 0 Å². The molecule has 1 aliphatic heterocycles. The highest BCUT2D eigenvalue weighted by molar-refractivity contribution is 6.07. The Bertz CT molecular complexity index is 795. The SMILES string of the molecule is CC(C)(C)[C@@H]1CNC(=O)[C@H]1C(=O)Nc1ccc(OCc2ccccc2)cc1. The Kier molecular flexibility index (Phi) is 5.49. The first-order valence-corrected chi connectivity index (χ1v) is 9.20. The van der Waals surface area contributed by atoms with Crippen LogP contribution >= 0.6 is 0 Å². The number of rotatable bonds is 5. The molecule has 0 spiro atoms. The van der Waals surface area contributed by atoms with Crippen molar-refractivity contribution in [1.29, 1.82) is 0 Å². The molecule has 2 atom stereocenters. The minimum atomic E-state index is -0.668. The first kappa shape index (κ1) is 19.0. The zero-order valence-electron chi connectivity index (χ0n) is 16.0. The summed E-state index contributed by atoms with van der Waals surface area (Å²) < 4.78 is 5.75. The van der Waals surface area contributed by atoms with Gasteiger partial charge in [0.05, 0.1) is 0 Å². The monoisotopic (exact) mass is 366 g/mol. The second kappa shape index (κ2) is 7.82. The van der Waals surface area contributed by atoms with Gasteiger partial charge < -0.3 is 15.4 Å². The summed E-state index contributed by atoms with van der Waals surface area (Å²) in [6.45, 7) is 7.18. The number of ether oxygens (including phenoxy) is 1. The maximum absolute atomic E-state index is 12.7. The molecule has 0 saturated carbocycles. The number of anilines is 1. The minimum absolute atomic E-state index is 0.0292. The van der Waals surface area contributed by atoms with Gasteiger partial charge in [0.15, 0.2) is 0 Å². The van der Waals surface area contributed by atoms with Gasteiger partial charge in [-0.05, 0) is 35.2 Å². The van der Waals surface area contributed by atoms with Crippen LogP contribution < -0.4 is 15.4 Å². The van der Waals surface area contributed by atoms with Crippen LogP contribution in [0.15, 0.2) is 54.6 Å². The van der Waals surface area contributed by atoms with E-state index in [9.17, 15) is 9.59 Å². The van der Waals surface area contributed by atoms with Gasteiger partial charge in [0.1, 0.15) is 18.3 Å². The van der Waals surface area contributed by atoms with Gasteiger partial charge in [-0.3, -0.25) is 9.59 Å². The summed E-state index contributed by atoms with van der Waals surface area (Å²) in [6.07, 6.45) is 0. The van der Waals surface area contributed by atoms with Crippen molar-refractivity contribution in [3.05, 3.63) is 60.2 Å². The highest BCUT2D eigenvalue weighted by atomic mass is 16.5. The van der Waals surface area contributed by atoms with Gasteiger partial charge >= 0.3 is 0 Å². The zero-order valence-corrected chi connectivity index (χ0v) is 16.0. The highest BCUT2D eigenvalue weighted by Gasteiger charge is 2.45. The number of hydrogen-bond acceptors (Lipinski definition) is 3. The molecule has 2 aromatic carbocycles. The molecule has 1 saturated heterocycles. The van der Waals surface area contributed by atoms with Gasteiger partial charge in [-0.25, -0.2) is 0 Å². The van der Waals surface area contributed by atoms with Crippen LogP contribution in [-0.4, -0.2) is 18.4 Å². The molecule has 142 valence electrons. The summed E-state index contributed by atoms with van der Waals surface area (Å²) >= 11 is 0. The fourth-order valence-electron chi connectivity index (χ4n) is 3.32. The lowest BCUT2D eigenvalue weighted by atomic mass is 9.74. The number of carbonyl (C=O) groups is 2. The van der Waals surface area contributed by atoms with Gasteiger partial charge in [-0.1, -0.05) is 51.1 Å². The molecule has 1 aliphatic rings. The van der Waals surface area contributed by atoms with Crippen LogP contribution in [-0.2, 0) is 16.2 Å². The average molecular weight is 366 g/mol. The summed E-state index contributed by atoms with van der Waals surface area (Å²) in [5.41, 5.74) is 1.62. The smallest absolute Gasteiger partial charge is 0.237 e. The van der Waals surface area contributed by atoms with Gasteiger partial charge in [-0.15, -0.1) is 0 Å². The molecule has 5 nitrogen and oxygen atoms in total. The molecular formula is C22H26N2O3. The van der Waals surface area contributed by atoms with Crippen molar-refractivity contribution in [3.63, 3.8) is 0 Å². The van der Waals surface area contributed by atoms with Crippen LogP contribution in [0.25, 0.3) is 0 Å². The van der Waals surface area contributed by atoms with E-state index in [-0.39, 0.29) is 23.1 Å². The van der Waals surface area contributed by atoms with Crippen molar-refractivity contribution in [3.8, 4) is 5.75 Å². The molecule has 1 fully saturated rings. The van der Waals surface area contributed by atoms with Crippen molar-refractivity contribution in [2.45, 2.75) is 27.4 Å². The summed E-state index contributed by atoms with van der Waals surface area (Å²) in [5.74, 6) is -0.432. The van der Waals surface area contributed by atoms with E-state index in [0.29, 0.717) is 18.8 Å². The van der Waals surface area contributed by atoms with E-state index in [2.05, 4.69) is 31.4 Å². The topological polar surface area (TPSA) is 67.4 Å². The van der Waals surface area contributed by atoms with E-state index in [4.69, 9.17) is 4.74 Å². The zero-order chi connectivity index (χ0) is 19.4. The largest absolute Gasteiger partial charge is 0.489 e. The number of hydrogen-bond donors (Lipinski definition) is 2. The second-order valence-corrected chi connectivity index (χ2v) is 7.98. The average Bonchev–Trinajstić information content (AvgIpc) is 3.04.